The molecule has 0 saturated carbocycles. The zero-order chi connectivity index (χ0) is 42.4. The average Bonchev–Trinajstić information content (AvgIpc) is 3.32. The van der Waals surface area contributed by atoms with E-state index in [1.165, 1.54) is 88.0 Å². The Morgan fingerprint density at radius 2 is 0.817 bits per heavy atom. The zero-order valence-electron chi connectivity index (χ0n) is 36.8. The van der Waals surface area contributed by atoms with E-state index in [1.807, 2.05) is 33.8 Å². The van der Waals surface area contributed by atoms with Crippen molar-refractivity contribution in [2.24, 2.45) is 0 Å². The first-order chi connectivity index (χ1) is 29.4. The largest absolute Gasteiger partial charge is 0.0738 e. The van der Waals surface area contributed by atoms with Gasteiger partial charge in [0.15, 0.2) is 0 Å². The Balaban J connectivity index is 0.000000405. The molecule has 60 heavy (non-hydrogen) atoms. The third kappa shape index (κ3) is 9.85. The summed E-state index contributed by atoms with van der Waals surface area (Å²) >= 11 is 0. The SMILES string of the molecule is C/C(=C\C(C)c1ccc2c(-c3ccccc3)c3cc(-c4ccc5ccccc5c4)ccc3c(-c3ccccc3)c2c1)c1ccccc1.CC.CC.CC(C)c1ccccc1. The van der Waals surface area contributed by atoms with Crippen molar-refractivity contribution in [3.63, 3.8) is 0 Å². The van der Waals surface area contributed by atoms with Gasteiger partial charge in [0.05, 0.1) is 0 Å². The number of fused-ring (bicyclic) bond motifs is 3. The summed E-state index contributed by atoms with van der Waals surface area (Å²) in [7, 11) is 0. The predicted molar refractivity (Wildman–Crippen MR) is 267 cm³/mol. The van der Waals surface area contributed by atoms with Crippen LogP contribution in [0, 0.1) is 0 Å². The van der Waals surface area contributed by atoms with Gasteiger partial charge in [-0.25, -0.2) is 0 Å². The van der Waals surface area contributed by atoms with Crippen molar-refractivity contribution in [2.45, 2.75) is 67.2 Å². The Morgan fingerprint density at radius 1 is 0.367 bits per heavy atom. The van der Waals surface area contributed by atoms with E-state index in [0.29, 0.717) is 5.92 Å². The molecule has 0 saturated heterocycles. The molecular weight excluding hydrogens is 721 g/mol. The van der Waals surface area contributed by atoms with E-state index in [1.54, 1.807) is 0 Å². The van der Waals surface area contributed by atoms with Gasteiger partial charge in [-0.15, -0.1) is 0 Å². The molecule has 0 heteroatoms. The van der Waals surface area contributed by atoms with Gasteiger partial charge in [-0.2, -0.15) is 0 Å². The number of allylic oxidation sites excluding steroid dienone is 2. The molecule has 0 aliphatic rings. The Bertz CT molecular complexity index is 2760. The highest BCUT2D eigenvalue weighted by Gasteiger charge is 2.19. The summed E-state index contributed by atoms with van der Waals surface area (Å²) in [6, 6.07) is 72.7. The first kappa shape index (κ1) is 43.1. The van der Waals surface area contributed by atoms with E-state index in [0.717, 1.165) is 0 Å². The van der Waals surface area contributed by atoms with E-state index in [-0.39, 0.29) is 5.92 Å². The van der Waals surface area contributed by atoms with Crippen LogP contribution in [0.3, 0.4) is 0 Å². The third-order valence-corrected chi connectivity index (χ3v) is 11.1. The number of rotatable bonds is 7. The number of hydrogen-bond acceptors (Lipinski definition) is 0. The lowest BCUT2D eigenvalue weighted by Crippen LogP contribution is -1.95. The minimum absolute atomic E-state index is 0.259. The lowest BCUT2D eigenvalue weighted by Gasteiger charge is -2.20. The highest BCUT2D eigenvalue weighted by molar-refractivity contribution is 6.22. The molecule has 9 rings (SSSR count). The van der Waals surface area contributed by atoms with Crippen LogP contribution in [0.25, 0.3) is 71.3 Å². The maximum Gasteiger partial charge on any atom is -0.000429 e. The topological polar surface area (TPSA) is 0 Å². The summed E-state index contributed by atoms with van der Waals surface area (Å²) < 4.78 is 0. The molecule has 0 N–H and O–H groups in total. The molecular formula is C60H60. The van der Waals surface area contributed by atoms with Gasteiger partial charge in [0, 0.05) is 0 Å². The predicted octanol–water partition coefficient (Wildman–Crippen LogP) is 18.2. The van der Waals surface area contributed by atoms with Gasteiger partial charge in [-0.1, -0.05) is 237 Å². The molecule has 0 spiro atoms. The summed E-state index contributed by atoms with van der Waals surface area (Å²) in [4.78, 5) is 0. The molecule has 0 heterocycles. The van der Waals surface area contributed by atoms with Crippen molar-refractivity contribution in [1.29, 1.82) is 0 Å². The maximum atomic E-state index is 2.44. The smallest absolute Gasteiger partial charge is 0.000429 e. The van der Waals surface area contributed by atoms with Crippen LogP contribution < -0.4 is 0 Å². The normalized spacial score (nSPS) is 11.5. The van der Waals surface area contributed by atoms with E-state index in [2.05, 4.69) is 228 Å². The van der Waals surface area contributed by atoms with Crippen molar-refractivity contribution in [3.05, 3.63) is 223 Å². The second-order valence-corrected chi connectivity index (χ2v) is 15.2. The van der Waals surface area contributed by atoms with Crippen molar-refractivity contribution < 1.29 is 0 Å². The molecule has 0 amide bonds. The van der Waals surface area contributed by atoms with E-state index >= 15 is 0 Å². The quantitative estimate of drug-likeness (QED) is 0.141. The van der Waals surface area contributed by atoms with Crippen LogP contribution in [0.2, 0.25) is 0 Å². The van der Waals surface area contributed by atoms with Crippen LogP contribution >= 0.6 is 0 Å². The van der Waals surface area contributed by atoms with E-state index in [4.69, 9.17) is 0 Å². The van der Waals surface area contributed by atoms with Crippen LogP contribution in [0.4, 0.5) is 0 Å². The minimum atomic E-state index is 0.259. The molecule has 0 fully saturated rings. The molecule has 0 aliphatic carbocycles. The summed E-state index contributed by atoms with van der Waals surface area (Å²) in [6.45, 7) is 16.9. The first-order valence-electron chi connectivity index (χ1n) is 21.9. The fourth-order valence-electron chi connectivity index (χ4n) is 8.02. The van der Waals surface area contributed by atoms with E-state index in [9.17, 15) is 0 Å². The van der Waals surface area contributed by atoms with Gasteiger partial charge < -0.3 is 0 Å². The highest BCUT2D eigenvalue weighted by atomic mass is 14.2. The fraction of sp³-hybridized carbons (Fsp3) is 0.167. The van der Waals surface area contributed by atoms with Gasteiger partial charge in [0.1, 0.15) is 0 Å². The van der Waals surface area contributed by atoms with Crippen LogP contribution in [-0.4, -0.2) is 0 Å². The van der Waals surface area contributed by atoms with Crippen molar-refractivity contribution in [1.82, 2.24) is 0 Å². The molecule has 0 aromatic heterocycles. The summed E-state index contributed by atoms with van der Waals surface area (Å²) in [6.07, 6.45) is 2.40. The van der Waals surface area contributed by atoms with Gasteiger partial charge in [0.2, 0.25) is 0 Å². The minimum Gasteiger partial charge on any atom is -0.0738 e. The molecule has 1 atom stereocenters. The Labute approximate surface area is 359 Å². The Kier molecular flexibility index (Phi) is 15.1. The van der Waals surface area contributed by atoms with Crippen molar-refractivity contribution >= 4 is 37.9 Å². The lowest BCUT2D eigenvalue weighted by molar-refractivity contribution is 0.867. The molecule has 300 valence electrons. The van der Waals surface area contributed by atoms with Crippen molar-refractivity contribution in [2.75, 3.05) is 0 Å². The van der Waals surface area contributed by atoms with Crippen LogP contribution in [-0.2, 0) is 0 Å². The third-order valence-electron chi connectivity index (χ3n) is 11.1. The Hall–Kier alpha value is -6.50. The lowest BCUT2D eigenvalue weighted by atomic mass is 9.83. The number of hydrogen-bond donors (Lipinski definition) is 0. The monoisotopic (exact) mass is 780 g/mol. The molecule has 0 radical (unpaired) electrons. The molecule has 9 aromatic carbocycles. The molecule has 0 nitrogen and oxygen atoms in total. The molecule has 1 unspecified atom stereocenters. The van der Waals surface area contributed by atoms with E-state index < -0.39 is 0 Å². The summed E-state index contributed by atoms with van der Waals surface area (Å²) in [5.41, 5.74) is 12.8. The standard InChI is InChI=1S/C47H36.C9H12.2C2H6/c1-32(34-14-6-3-7-15-34)28-33(2)38-24-26-42-44(30-38)46(36-17-8-4-9-18-36)43-27-25-41(31-45(43)47(42)37-19-10-5-11-20-37)40-23-22-35-16-12-13-21-39(35)29-40;1-8(2)9-6-4-3-5-7-9;2*1-2/h3-31,33H,1-2H3;3-8H,1-2H3;2*1-2H3/b32-28+;;;. The van der Waals surface area contributed by atoms with Crippen LogP contribution in [0.15, 0.2) is 206 Å². The molecule has 0 bridgehead atoms. The van der Waals surface area contributed by atoms with Crippen LogP contribution in [0.1, 0.15) is 83.9 Å². The van der Waals surface area contributed by atoms with Gasteiger partial charge >= 0.3 is 0 Å². The summed E-state index contributed by atoms with van der Waals surface area (Å²) in [5, 5.41) is 7.63. The number of benzene rings is 9. The zero-order valence-corrected chi connectivity index (χ0v) is 36.8. The highest BCUT2D eigenvalue weighted by Crippen LogP contribution is 2.46. The first-order valence-corrected chi connectivity index (χ1v) is 21.9. The Morgan fingerprint density at radius 3 is 1.37 bits per heavy atom. The van der Waals surface area contributed by atoms with Gasteiger partial charge in [-0.3, -0.25) is 0 Å². The van der Waals surface area contributed by atoms with Crippen LogP contribution in [0.5, 0.6) is 0 Å². The van der Waals surface area contributed by atoms with Crippen molar-refractivity contribution in [3.8, 4) is 33.4 Å². The van der Waals surface area contributed by atoms with Gasteiger partial charge in [0.25, 0.3) is 0 Å². The van der Waals surface area contributed by atoms with Gasteiger partial charge in [-0.05, 0) is 125 Å². The molecule has 9 aromatic rings. The average molecular weight is 781 g/mol. The molecule has 0 aliphatic heterocycles. The second-order valence-electron chi connectivity index (χ2n) is 15.2. The summed E-state index contributed by atoms with van der Waals surface area (Å²) in [5.74, 6) is 0.917. The maximum absolute atomic E-state index is 2.44. The fourth-order valence-corrected chi connectivity index (χ4v) is 8.02. The second kappa shape index (κ2) is 21.0.